The number of rotatable bonds is 4. The fourth-order valence-corrected chi connectivity index (χ4v) is 1.73. The number of Topliss-reactive ketones (excluding diaryl/α,β-unsaturated/α-hetero) is 1. The predicted molar refractivity (Wildman–Crippen MR) is 62.5 cm³/mol. The summed E-state index contributed by atoms with van der Waals surface area (Å²) >= 11 is 0. The topological polar surface area (TPSA) is 54.0 Å². The summed E-state index contributed by atoms with van der Waals surface area (Å²) in [4.78, 5) is 12.2. The van der Waals surface area contributed by atoms with Gasteiger partial charge in [0, 0.05) is 6.42 Å². The van der Waals surface area contributed by atoms with Crippen molar-refractivity contribution in [3.8, 4) is 6.07 Å². The molecule has 3 heteroatoms. The van der Waals surface area contributed by atoms with Crippen molar-refractivity contribution in [2.75, 3.05) is 0 Å². The van der Waals surface area contributed by atoms with Crippen LogP contribution in [0.5, 0.6) is 0 Å². The first-order valence-corrected chi connectivity index (χ1v) is 5.32. The number of carbonyl (C=O) groups is 1. The number of nitriles is 1. The molecule has 0 aliphatic rings. The van der Waals surface area contributed by atoms with Gasteiger partial charge in [0.25, 0.3) is 0 Å². The second kappa shape index (κ2) is 5.13. The van der Waals surface area contributed by atoms with Gasteiger partial charge in [-0.3, -0.25) is 4.79 Å². The number of furan rings is 1. The van der Waals surface area contributed by atoms with Crippen molar-refractivity contribution < 1.29 is 9.21 Å². The molecule has 0 saturated carbocycles. The Bertz CT molecular complexity index is 523. The molecule has 0 radical (unpaired) electrons. The Morgan fingerprint density at radius 1 is 1.24 bits per heavy atom. The summed E-state index contributed by atoms with van der Waals surface area (Å²) in [5.41, 5.74) is 0.843. The Morgan fingerprint density at radius 3 is 2.59 bits per heavy atom. The molecule has 0 N–H and O–H groups in total. The van der Waals surface area contributed by atoms with E-state index in [-0.39, 0.29) is 12.2 Å². The Labute approximate surface area is 99.3 Å². The Kier molecular flexibility index (Phi) is 3.37. The highest BCUT2D eigenvalue weighted by molar-refractivity contribution is 5.98. The van der Waals surface area contributed by atoms with E-state index in [9.17, 15) is 4.79 Å². The summed E-state index contributed by atoms with van der Waals surface area (Å²) in [7, 11) is 0. The van der Waals surface area contributed by atoms with E-state index in [0.29, 0.717) is 5.76 Å². The molecule has 0 saturated heterocycles. The predicted octanol–water partition coefficient (Wildman–Crippen LogP) is 3.16. The van der Waals surface area contributed by atoms with E-state index in [1.165, 1.54) is 6.26 Å². The molecule has 3 nitrogen and oxygen atoms in total. The van der Waals surface area contributed by atoms with Crippen LogP contribution in [0.25, 0.3) is 0 Å². The molecular formula is C14H11NO2. The lowest BCUT2D eigenvalue weighted by molar-refractivity contribution is 0.0933. The van der Waals surface area contributed by atoms with Gasteiger partial charge in [0.05, 0.1) is 18.3 Å². The lowest BCUT2D eigenvalue weighted by Crippen LogP contribution is -2.11. The fourth-order valence-electron chi connectivity index (χ4n) is 1.73. The molecule has 1 aromatic heterocycles. The number of ketones is 1. The van der Waals surface area contributed by atoms with Crippen LogP contribution in [0, 0.1) is 11.3 Å². The number of hydrogen-bond acceptors (Lipinski definition) is 3. The van der Waals surface area contributed by atoms with Crippen molar-refractivity contribution in [3.05, 3.63) is 60.1 Å². The van der Waals surface area contributed by atoms with Crippen LogP contribution in [0.1, 0.15) is 28.5 Å². The van der Waals surface area contributed by atoms with Gasteiger partial charge < -0.3 is 4.42 Å². The molecule has 1 heterocycles. The molecule has 1 aromatic carbocycles. The lowest BCUT2D eigenvalue weighted by Gasteiger charge is -2.10. The molecule has 0 bridgehead atoms. The Hall–Kier alpha value is -2.34. The molecule has 2 aromatic rings. The average Bonchev–Trinajstić information content (AvgIpc) is 2.90. The average molecular weight is 225 g/mol. The molecule has 0 spiro atoms. The zero-order chi connectivity index (χ0) is 12.1. The van der Waals surface area contributed by atoms with Gasteiger partial charge in [0.15, 0.2) is 5.76 Å². The summed E-state index contributed by atoms with van der Waals surface area (Å²) in [6.45, 7) is 0. The van der Waals surface area contributed by atoms with Gasteiger partial charge in [-0.2, -0.15) is 5.26 Å². The van der Waals surface area contributed by atoms with Gasteiger partial charge in [-0.15, -0.1) is 0 Å². The molecule has 0 amide bonds. The van der Waals surface area contributed by atoms with Crippen LogP contribution >= 0.6 is 0 Å². The van der Waals surface area contributed by atoms with Crippen molar-refractivity contribution in [2.24, 2.45) is 0 Å². The molecule has 0 fully saturated rings. The minimum absolute atomic E-state index is 0.150. The first-order chi connectivity index (χ1) is 8.33. The summed E-state index contributed by atoms with van der Waals surface area (Å²) in [5, 5.41) is 8.81. The second-order valence-corrected chi connectivity index (χ2v) is 3.67. The van der Waals surface area contributed by atoms with E-state index in [2.05, 4.69) is 0 Å². The van der Waals surface area contributed by atoms with Gasteiger partial charge in [-0.25, -0.2) is 0 Å². The molecule has 1 atom stereocenters. The highest BCUT2D eigenvalue weighted by Crippen LogP contribution is 2.24. The normalized spacial score (nSPS) is 11.7. The SMILES string of the molecule is N#CCC(C(=O)c1ccco1)c1ccccc1. The summed E-state index contributed by atoms with van der Waals surface area (Å²) in [5.74, 6) is -0.302. The third-order valence-electron chi connectivity index (χ3n) is 2.58. The van der Waals surface area contributed by atoms with Crippen molar-refractivity contribution in [3.63, 3.8) is 0 Å². The first kappa shape index (κ1) is 11.2. The molecule has 0 aliphatic carbocycles. The van der Waals surface area contributed by atoms with Crippen molar-refractivity contribution in [2.45, 2.75) is 12.3 Å². The largest absolute Gasteiger partial charge is 0.461 e. The molecule has 84 valence electrons. The van der Waals surface area contributed by atoms with Crippen LogP contribution in [0.3, 0.4) is 0 Å². The lowest BCUT2D eigenvalue weighted by atomic mass is 9.91. The van der Waals surface area contributed by atoms with E-state index < -0.39 is 5.92 Å². The zero-order valence-electron chi connectivity index (χ0n) is 9.17. The van der Waals surface area contributed by atoms with E-state index in [4.69, 9.17) is 9.68 Å². The quantitative estimate of drug-likeness (QED) is 0.751. The number of hydrogen-bond donors (Lipinski definition) is 0. The Morgan fingerprint density at radius 2 is 2.00 bits per heavy atom. The second-order valence-electron chi connectivity index (χ2n) is 3.67. The van der Waals surface area contributed by atoms with Crippen LogP contribution in [0.4, 0.5) is 0 Å². The highest BCUT2D eigenvalue weighted by atomic mass is 16.3. The third-order valence-corrected chi connectivity index (χ3v) is 2.58. The summed E-state index contributed by atoms with van der Waals surface area (Å²) in [6.07, 6.45) is 1.62. The van der Waals surface area contributed by atoms with Gasteiger partial charge in [0.1, 0.15) is 0 Å². The van der Waals surface area contributed by atoms with Crippen molar-refractivity contribution in [1.29, 1.82) is 5.26 Å². The standard InChI is InChI=1S/C14H11NO2/c15-9-8-12(11-5-2-1-3-6-11)14(16)13-7-4-10-17-13/h1-7,10,12H,8H2. The minimum atomic E-state index is -0.452. The van der Waals surface area contributed by atoms with Gasteiger partial charge >= 0.3 is 0 Å². The van der Waals surface area contributed by atoms with Crippen LogP contribution in [0.15, 0.2) is 53.1 Å². The maximum atomic E-state index is 12.2. The smallest absolute Gasteiger partial charge is 0.206 e. The maximum absolute atomic E-state index is 12.2. The molecule has 1 unspecified atom stereocenters. The number of nitrogens with zero attached hydrogens (tertiary/aromatic N) is 1. The maximum Gasteiger partial charge on any atom is 0.206 e. The Balaban J connectivity index is 2.31. The van der Waals surface area contributed by atoms with E-state index in [1.54, 1.807) is 12.1 Å². The molecule has 17 heavy (non-hydrogen) atoms. The van der Waals surface area contributed by atoms with Crippen LogP contribution in [0.2, 0.25) is 0 Å². The van der Waals surface area contributed by atoms with Gasteiger partial charge in [0.2, 0.25) is 5.78 Å². The fraction of sp³-hybridized carbons (Fsp3) is 0.143. The van der Waals surface area contributed by atoms with Crippen molar-refractivity contribution >= 4 is 5.78 Å². The van der Waals surface area contributed by atoms with E-state index in [0.717, 1.165) is 5.56 Å². The van der Waals surface area contributed by atoms with Crippen LogP contribution in [-0.2, 0) is 0 Å². The van der Waals surface area contributed by atoms with Gasteiger partial charge in [-0.05, 0) is 17.7 Å². The monoisotopic (exact) mass is 225 g/mol. The molecule has 2 rings (SSSR count). The van der Waals surface area contributed by atoms with E-state index in [1.807, 2.05) is 36.4 Å². The molecular weight excluding hydrogens is 214 g/mol. The van der Waals surface area contributed by atoms with Gasteiger partial charge in [-0.1, -0.05) is 30.3 Å². The molecule has 0 aliphatic heterocycles. The van der Waals surface area contributed by atoms with Crippen LogP contribution in [-0.4, -0.2) is 5.78 Å². The van der Waals surface area contributed by atoms with E-state index >= 15 is 0 Å². The minimum Gasteiger partial charge on any atom is -0.461 e. The number of carbonyl (C=O) groups excluding carboxylic acids is 1. The summed E-state index contributed by atoms with van der Waals surface area (Å²) in [6, 6.07) is 14.6. The third kappa shape index (κ3) is 2.43. The zero-order valence-corrected chi connectivity index (χ0v) is 9.17. The first-order valence-electron chi connectivity index (χ1n) is 5.32. The number of benzene rings is 1. The van der Waals surface area contributed by atoms with Crippen LogP contribution < -0.4 is 0 Å². The van der Waals surface area contributed by atoms with Crippen molar-refractivity contribution in [1.82, 2.24) is 0 Å². The summed E-state index contributed by atoms with van der Waals surface area (Å²) < 4.78 is 5.09. The highest BCUT2D eigenvalue weighted by Gasteiger charge is 2.23.